The van der Waals surface area contributed by atoms with Gasteiger partial charge in [-0.15, -0.1) is 10.2 Å². The van der Waals surface area contributed by atoms with Gasteiger partial charge in [-0.25, -0.2) is 13.6 Å². The molecule has 1 fully saturated rings. The highest BCUT2D eigenvalue weighted by Gasteiger charge is 2.57. The van der Waals surface area contributed by atoms with E-state index < -0.39 is 71.1 Å². The Hall–Kier alpha value is -4.37. The van der Waals surface area contributed by atoms with Gasteiger partial charge in [-0.3, -0.25) is 4.79 Å². The Morgan fingerprint density at radius 3 is 2.30 bits per heavy atom. The minimum Gasteiger partial charge on any atom is -0.444 e. The number of hydrogen-bond acceptors (Lipinski definition) is 6. The molecule has 5 rings (SSSR count). The molecule has 1 aromatic heterocycles. The Morgan fingerprint density at radius 1 is 1.02 bits per heavy atom. The van der Waals surface area contributed by atoms with Crippen LogP contribution in [-0.2, 0) is 36.1 Å². The predicted octanol–water partition coefficient (Wildman–Crippen LogP) is 6.36. The number of halogens is 7. The van der Waals surface area contributed by atoms with E-state index in [0.29, 0.717) is 6.92 Å². The van der Waals surface area contributed by atoms with Crippen molar-refractivity contribution in [2.75, 3.05) is 29.9 Å². The molecule has 0 spiro atoms. The molecular formula is C31H33F7N6O3. The molecule has 254 valence electrons. The summed E-state index contributed by atoms with van der Waals surface area (Å²) in [6, 6.07) is 5.51. The molecule has 0 bridgehead atoms. The molecule has 3 atom stereocenters. The van der Waals surface area contributed by atoms with Gasteiger partial charge < -0.3 is 24.0 Å². The Balaban J connectivity index is 1.46. The minimum absolute atomic E-state index is 0.114. The lowest BCUT2D eigenvalue weighted by molar-refractivity contribution is -0.149. The summed E-state index contributed by atoms with van der Waals surface area (Å²) < 4.78 is 111. The zero-order chi connectivity index (χ0) is 34.9. The third-order valence-corrected chi connectivity index (χ3v) is 8.39. The summed E-state index contributed by atoms with van der Waals surface area (Å²) in [5.41, 5.74) is -6.86. The minimum atomic E-state index is -4.93. The summed E-state index contributed by atoms with van der Waals surface area (Å²) in [6.07, 6.45) is -6.35. The second-order valence-corrected chi connectivity index (χ2v) is 12.9. The van der Waals surface area contributed by atoms with Crippen LogP contribution >= 0.6 is 0 Å². The van der Waals surface area contributed by atoms with Crippen molar-refractivity contribution in [3.05, 3.63) is 70.8 Å². The molecule has 0 radical (unpaired) electrons. The number of aromatic nitrogens is 3. The van der Waals surface area contributed by atoms with E-state index in [1.807, 2.05) is 0 Å². The number of carbonyl (C=O) groups excluding carboxylic acids is 2. The highest BCUT2D eigenvalue weighted by atomic mass is 19.4. The molecule has 1 saturated heterocycles. The number of aryl methyl sites for hydroxylation is 1. The fraction of sp³-hybridized carbons (Fsp3) is 0.484. The summed E-state index contributed by atoms with van der Waals surface area (Å²) in [5, 5.41) is 6.72. The predicted molar refractivity (Wildman–Crippen MR) is 157 cm³/mol. The lowest BCUT2D eigenvalue weighted by atomic mass is 9.90. The van der Waals surface area contributed by atoms with Gasteiger partial charge in [0, 0.05) is 37.6 Å². The van der Waals surface area contributed by atoms with Crippen LogP contribution in [-0.4, -0.2) is 69.6 Å². The van der Waals surface area contributed by atoms with Crippen LogP contribution < -0.4 is 9.80 Å². The van der Waals surface area contributed by atoms with Crippen LogP contribution in [0.15, 0.2) is 42.7 Å². The number of fused-ring (bicyclic) bond motifs is 1. The molecule has 2 aliphatic heterocycles. The Bertz CT molecular complexity index is 1700. The summed E-state index contributed by atoms with van der Waals surface area (Å²) in [7, 11) is 2.58. The highest BCUT2D eigenvalue weighted by molar-refractivity contribution is 6.11. The highest BCUT2D eigenvalue weighted by Crippen LogP contribution is 2.48. The van der Waals surface area contributed by atoms with Crippen LogP contribution in [0.2, 0.25) is 0 Å². The van der Waals surface area contributed by atoms with Crippen LogP contribution in [0.3, 0.4) is 0 Å². The molecule has 2 aliphatic rings. The average Bonchev–Trinajstić information content (AvgIpc) is 3.67. The number of benzene rings is 2. The van der Waals surface area contributed by atoms with E-state index in [0.717, 1.165) is 38.9 Å². The van der Waals surface area contributed by atoms with E-state index in [9.17, 15) is 22.8 Å². The number of anilines is 2. The summed E-state index contributed by atoms with van der Waals surface area (Å²) in [5.74, 6) is -6.01. The Morgan fingerprint density at radius 2 is 1.70 bits per heavy atom. The normalized spacial score (nSPS) is 20.0. The van der Waals surface area contributed by atoms with Crippen molar-refractivity contribution in [2.24, 2.45) is 7.05 Å². The second kappa shape index (κ2) is 11.4. The molecule has 0 N–H and O–H groups in total. The monoisotopic (exact) mass is 670 g/mol. The smallest absolute Gasteiger partial charge is 0.416 e. The SMILES string of the molecule is CN(c1cc2c(c(C(F)(F)F)c1)CN(c1cccc([C@@](C)(F)C(F)(F)c3nncn3C)c1)C2=O)[C@@H]1CN(C(=O)OC(C)(C)C)C[C@@H]1F. The number of alkyl halides is 7. The van der Waals surface area contributed by atoms with Crippen LogP contribution in [0.5, 0.6) is 0 Å². The van der Waals surface area contributed by atoms with Gasteiger partial charge in [0.15, 0.2) is 0 Å². The molecular weight excluding hydrogens is 637 g/mol. The van der Waals surface area contributed by atoms with E-state index in [1.165, 1.54) is 37.2 Å². The second-order valence-electron chi connectivity index (χ2n) is 12.9. The number of carbonyl (C=O) groups is 2. The fourth-order valence-electron chi connectivity index (χ4n) is 5.76. The van der Waals surface area contributed by atoms with E-state index >= 15 is 17.6 Å². The maximum Gasteiger partial charge on any atom is 0.416 e. The van der Waals surface area contributed by atoms with E-state index in [1.54, 1.807) is 20.8 Å². The Labute approximate surface area is 265 Å². The molecule has 0 saturated carbocycles. The van der Waals surface area contributed by atoms with E-state index in [4.69, 9.17) is 4.74 Å². The molecule has 3 aromatic rings. The first-order valence-electron chi connectivity index (χ1n) is 14.6. The van der Waals surface area contributed by atoms with Crippen molar-refractivity contribution in [3.63, 3.8) is 0 Å². The number of likely N-dealkylation sites (tertiary alicyclic amines) is 1. The van der Waals surface area contributed by atoms with Crippen LogP contribution in [0.4, 0.5) is 46.9 Å². The van der Waals surface area contributed by atoms with Gasteiger partial charge in [-0.05, 0) is 63.1 Å². The van der Waals surface area contributed by atoms with Gasteiger partial charge in [0.25, 0.3) is 5.91 Å². The van der Waals surface area contributed by atoms with Crippen LogP contribution in [0.25, 0.3) is 0 Å². The van der Waals surface area contributed by atoms with Crippen molar-refractivity contribution in [1.82, 2.24) is 19.7 Å². The first-order chi connectivity index (χ1) is 21.6. The molecule has 9 nitrogen and oxygen atoms in total. The molecule has 0 unspecified atom stereocenters. The van der Waals surface area contributed by atoms with Gasteiger partial charge >= 0.3 is 18.2 Å². The average molecular weight is 671 g/mol. The third kappa shape index (κ3) is 6.09. The number of rotatable bonds is 6. The van der Waals surface area contributed by atoms with Gasteiger partial charge in [-0.2, -0.15) is 22.0 Å². The van der Waals surface area contributed by atoms with E-state index in [2.05, 4.69) is 10.2 Å². The molecule has 3 heterocycles. The fourth-order valence-corrected chi connectivity index (χ4v) is 5.76. The molecule has 0 aliphatic carbocycles. The van der Waals surface area contributed by atoms with Crippen molar-refractivity contribution in [3.8, 4) is 0 Å². The maximum atomic E-state index is 15.9. The molecule has 47 heavy (non-hydrogen) atoms. The van der Waals surface area contributed by atoms with Crippen molar-refractivity contribution >= 4 is 23.4 Å². The van der Waals surface area contributed by atoms with Gasteiger partial charge in [0.2, 0.25) is 11.5 Å². The van der Waals surface area contributed by atoms with E-state index in [-0.39, 0.29) is 35.6 Å². The summed E-state index contributed by atoms with van der Waals surface area (Å²) in [6.45, 7) is 4.46. The standard InChI is InChI=1S/C31H33F7N6O3/c1-28(2,3)47-27(46)43-14-23(32)24(15-43)42(6)19-11-20-21(22(12-19)31(36,37)38)13-44(25(20)45)18-9-7-8-17(10-18)29(4,33)30(34,35)26-40-39-16-41(26)5/h7-12,16,23-24H,13-15H2,1-6H3/t23-,24+,29+/m0/s1. The largest absolute Gasteiger partial charge is 0.444 e. The van der Waals surface area contributed by atoms with Gasteiger partial charge in [0.1, 0.15) is 18.1 Å². The van der Waals surface area contributed by atoms with Crippen LogP contribution in [0, 0.1) is 0 Å². The zero-order valence-corrected chi connectivity index (χ0v) is 26.4. The maximum absolute atomic E-state index is 15.9. The van der Waals surface area contributed by atoms with Gasteiger partial charge in [0.05, 0.1) is 24.7 Å². The number of hydrogen-bond donors (Lipinski definition) is 0. The van der Waals surface area contributed by atoms with Crippen molar-refractivity contribution in [1.29, 1.82) is 0 Å². The number of nitrogens with zero attached hydrogens (tertiary/aromatic N) is 6. The first-order valence-corrected chi connectivity index (χ1v) is 14.6. The van der Waals surface area contributed by atoms with Crippen LogP contribution in [0.1, 0.15) is 60.6 Å². The van der Waals surface area contributed by atoms with Crippen molar-refractivity contribution in [2.45, 2.75) is 69.8 Å². The lowest BCUT2D eigenvalue weighted by Gasteiger charge is -2.30. The summed E-state index contributed by atoms with van der Waals surface area (Å²) >= 11 is 0. The zero-order valence-electron chi connectivity index (χ0n) is 26.4. The van der Waals surface area contributed by atoms with Gasteiger partial charge in [-0.1, -0.05) is 12.1 Å². The molecule has 16 heteroatoms. The third-order valence-electron chi connectivity index (χ3n) is 8.39. The number of ether oxygens (including phenoxy) is 1. The quantitative estimate of drug-likeness (QED) is 0.284. The topological polar surface area (TPSA) is 83.8 Å². The first kappa shape index (κ1) is 34.0. The number of likely N-dealkylation sites (N-methyl/N-ethyl adjacent to an activating group) is 1. The lowest BCUT2D eigenvalue weighted by Crippen LogP contribution is -2.40. The summed E-state index contributed by atoms with van der Waals surface area (Å²) in [4.78, 5) is 29.5. The Kier molecular flexibility index (Phi) is 8.24. The molecule has 2 amide bonds. The number of amides is 2. The van der Waals surface area contributed by atoms with Crippen molar-refractivity contribution < 1.29 is 45.1 Å². The molecule has 2 aromatic carbocycles.